The molecule has 0 spiro atoms. The van der Waals surface area contributed by atoms with Gasteiger partial charge in [0.25, 0.3) is 0 Å². The number of carbonyl (C=O) groups is 2. The number of nitrogens with one attached hydrogen (secondary N) is 1. The zero-order chi connectivity index (χ0) is 18.6. The Kier molecular flexibility index (Phi) is 6.56. The van der Waals surface area contributed by atoms with Crippen molar-refractivity contribution in [1.29, 1.82) is 0 Å². The second-order valence-electron chi connectivity index (χ2n) is 8.81. The van der Waals surface area contributed by atoms with Crippen LogP contribution in [-0.4, -0.2) is 65.9 Å². The standard InChI is InChI=1S/C20H36N4O2/c1-16-5-7-17(8-6-16)22-18(25)15-23-11-13-24(14-12-23)19(26)20(21)9-3-2-4-10-20/h16-17H,2-15,21H2,1H3,(H,22,25). The highest BCUT2D eigenvalue weighted by atomic mass is 16.2. The van der Waals surface area contributed by atoms with Crippen molar-refractivity contribution in [3.8, 4) is 0 Å². The van der Waals surface area contributed by atoms with E-state index in [2.05, 4.69) is 17.1 Å². The van der Waals surface area contributed by atoms with E-state index in [1.54, 1.807) is 0 Å². The number of nitrogens with two attached hydrogens (primary N) is 1. The molecule has 3 aliphatic rings. The molecule has 3 fully saturated rings. The first-order valence-electron chi connectivity index (χ1n) is 10.6. The lowest BCUT2D eigenvalue weighted by molar-refractivity contribution is -0.140. The molecule has 3 N–H and O–H groups in total. The molecule has 6 heteroatoms. The van der Waals surface area contributed by atoms with Gasteiger partial charge in [-0.25, -0.2) is 0 Å². The molecule has 0 radical (unpaired) electrons. The minimum atomic E-state index is -0.643. The lowest BCUT2D eigenvalue weighted by Gasteiger charge is -2.41. The summed E-state index contributed by atoms with van der Waals surface area (Å²) in [5, 5.41) is 3.20. The topological polar surface area (TPSA) is 78.7 Å². The number of hydrogen-bond donors (Lipinski definition) is 2. The second-order valence-corrected chi connectivity index (χ2v) is 8.81. The quantitative estimate of drug-likeness (QED) is 0.792. The lowest BCUT2D eigenvalue weighted by atomic mass is 9.81. The molecule has 2 aliphatic carbocycles. The fourth-order valence-electron chi connectivity index (χ4n) is 4.70. The molecule has 0 aromatic rings. The first kappa shape index (κ1) is 19.6. The van der Waals surface area contributed by atoms with E-state index in [0.717, 1.165) is 57.5 Å². The number of carbonyl (C=O) groups excluding carboxylic acids is 2. The van der Waals surface area contributed by atoms with E-state index >= 15 is 0 Å². The molecule has 3 rings (SSSR count). The zero-order valence-electron chi connectivity index (χ0n) is 16.3. The van der Waals surface area contributed by atoms with Gasteiger partial charge in [-0.1, -0.05) is 26.2 Å². The fourth-order valence-corrected chi connectivity index (χ4v) is 4.70. The molecular weight excluding hydrogens is 328 g/mol. The third kappa shape index (κ3) is 4.97. The van der Waals surface area contributed by atoms with Crippen LogP contribution in [0.25, 0.3) is 0 Å². The van der Waals surface area contributed by atoms with Crippen LogP contribution in [0.15, 0.2) is 0 Å². The molecule has 0 bridgehead atoms. The molecule has 6 nitrogen and oxygen atoms in total. The highest BCUT2D eigenvalue weighted by Crippen LogP contribution is 2.28. The summed E-state index contributed by atoms with van der Waals surface area (Å²) in [6.45, 7) is 5.63. The van der Waals surface area contributed by atoms with Crippen LogP contribution in [-0.2, 0) is 9.59 Å². The Morgan fingerprint density at radius 2 is 1.62 bits per heavy atom. The van der Waals surface area contributed by atoms with E-state index in [0.29, 0.717) is 25.7 Å². The van der Waals surface area contributed by atoms with Crippen molar-refractivity contribution < 1.29 is 9.59 Å². The van der Waals surface area contributed by atoms with E-state index in [9.17, 15) is 9.59 Å². The molecule has 0 unspecified atom stereocenters. The van der Waals surface area contributed by atoms with E-state index in [1.165, 1.54) is 19.3 Å². The first-order valence-corrected chi connectivity index (χ1v) is 10.6. The van der Waals surface area contributed by atoms with Crippen LogP contribution < -0.4 is 11.1 Å². The molecule has 1 saturated heterocycles. The Hall–Kier alpha value is -1.14. The zero-order valence-corrected chi connectivity index (χ0v) is 16.3. The largest absolute Gasteiger partial charge is 0.352 e. The van der Waals surface area contributed by atoms with Gasteiger partial charge < -0.3 is 16.0 Å². The summed E-state index contributed by atoms with van der Waals surface area (Å²) < 4.78 is 0. The average Bonchev–Trinajstić information content (AvgIpc) is 2.64. The third-order valence-corrected chi connectivity index (χ3v) is 6.58. The van der Waals surface area contributed by atoms with E-state index in [-0.39, 0.29) is 11.8 Å². The molecule has 1 aliphatic heterocycles. The highest BCUT2D eigenvalue weighted by Gasteiger charge is 2.39. The SMILES string of the molecule is CC1CCC(NC(=O)CN2CCN(C(=O)C3(N)CCCCC3)CC2)CC1. The van der Waals surface area contributed by atoms with Crippen molar-refractivity contribution in [3.05, 3.63) is 0 Å². The van der Waals surface area contributed by atoms with E-state index < -0.39 is 5.54 Å². The summed E-state index contributed by atoms with van der Waals surface area (Å²) in [6, 6.07) is 0.352. The van der Waals surface area contributed by atoms with Crippen molar-refractivity contribution >= 4 is 11.8 Å². The maximum atomic E-state index is 12.8. The minimum Gasteiger partial charge on any atom is -0.352 e. The summed E-state index contributed by atoms with van der Waals surface area (Å²) in [6.07, 6.45) is 9.57. The van der Waals surface area contributed by atoms with Gasteiger partial charge in [-0.15, -0.1) is 0 Å². The monoisotopic (exact) mass is 364 g/mol. The van der Waals surface area contributed by atoms with Gasteiger partial charge in [0.1, 0.15) is 0 Å². The van der Waals surface area contributed by atoms with Crippen LogP contribution in [0.1, 0.15) is 64.7 Å². The Bertz CT molecular complexity index is 488. The van der Waals surface area contributed by atoms with Crippen LogP contribution in [0.4, 0.5) is 0 Å². The van der Waals surface area contributed by atoms with Gasteiger partial charge in [0.05, 0.1) is 12.1 Å². The summed E-state index contributed by atoms with van der Waals surface area (Å²) >= 11 is 0. The number of nitrogens with zero attached hydrogens (tertiary/aromatic N) is 2. The van der Waals surface area contributed by atoms with Crippen LogP contribution in [0.3, 0.4) is 0 Å². The first-order chi connectivity index (χ1) is 12.5. The summed E-state index contributed by atoms with van der Waals surface area (Å²) in [4.78, 5) is 29.2. The van der Waals surface area contributed by atoms with E-state index in [4.69, 9.17) is 5.73 Å². The summed E-state index contributed by atoms with van der Waals surface area (Å²) in [7, 11) is 0. The number of rotatable bonds is 4. The van der Waals surface area contributed by atoms with Gasteiger partial charge in [0.2, 0.25) is 11.8 Å². The Morgan fingerprint density at radius 3 is 2.23 bits per heavy atom. The fraction of sp³-hybridized carbons (Fsp3) is 0.900. The highest BCUT2D eigenvalue weighted by molar-refractivity contribution is 5.86. The van der Waals surface area contributed by atoms with Crippen molar-refractivity contribution in [3.63, 3.8) is 0 Å². The minimum absolute atomic E-state index is 0.123. The predicted octanol–water partition coefficient (Wildman–Crippen LogP) is 1.49. The van der Waals surface area contributed by atoms with Crippen LogP contribution in [0.2, 0.25) is 0 Å². The van der Waals surface area contributed by atoms with Gasteiger partial charge in [0.15, 0.2) is 0 Å². The molecule has 26 heavy (non-hydrogen) atoms. The molecule has 148 valence electrons. The summed E-state index contributed by atoms with van der Waals surface area (Å²) in [5.41, 5.74) is 5.75. The maximum absolute atomic E-state index is 12.8. The van der Waals surface area contributed by atoms with Gasteiger partial charge in [-0.3, -0.25) is 14.5 Å². The number of hydrogen-bond acceptors (Lipinski definition) is 4. The molecule has 2 amide bonds. The van der Waals surface area contributed by atoms with Gasteiger partial charge in [0, 0.05) is 32.2 Å². The maximum Gasteiger partial charge on any atom is 0.242 e. The lowest BCUT2D eigenvalue weighted by Crippen LogP contribution is -2.60. The Balaban J connectivity index is 1.39. The third-order valence-electron chi connectivity index (χ3n) is 6.58. The summed E-state index contributed by atoms with van der Waals surface area (Å²) in [5.74, 6) is 1.05. The van der Waals surface area contributed by atoms with Crippen molar-refractivity contribution in [2.45, 2.75) is 76.3 Å². The Morgan fingerprint density at radius 1 is 1.00 bits per heavy atom. The molecule has 0 atom stereocenters. The van der Waals surface area contributed by atoms with Crippen molar-refractivity contribution in [2.24, 2.45) is 11.7 Å². The van der Waals surface area contributed by atoms with Gasteiger partial charge >= 0.3 is 0 Å². The van der Waals surface area contributed by atoms with Crippen LogP contribution >= 0.6 is 0 Å². The molecular formula is C20H36N4O2. The van der Waals surface area contributed by atoms with Crippen LogP contribution in [0, 0.1) is 5.92 Å². The van der Waals surface area contributed by atoms with Gasteiger partial charge in [-0.2, -0.15) is 0 Å². The van der Waals surface area contributed by atoms with Crippen molar-refractivity contribution in [1.82, 2.24) is 15.1 Å². The van der Waals surface area contributed by atoms with Crippen molar-refractivity contribution in [2.75, 3.05) is 32.7 Å². The van der Waals surface area contributed by atoms with Crippen LogP contribution in [0.5, 0.6) is 0 Å². The predicted molar refractivity (Wildman–Crippen MR) is 103 cm³/mol. The number of amides is 2. The smallest absolute Gasteiger partial charge is 0.242 e. The molecule has 0 aromatic heterocycles. The average molecular weight is 365 g/mol. The normalized spacial score (nSPS) is 30.0. The van der Waals surface area contributed by atoms with E-state index in [1.807, 2.05) is 4.90 Å². The molecule has 1 heterocycles. The molecule has 0 aromatic carbocycles. The van der Waals surface area contributed by atoms with Gasteiger partial charge in [-0.05, 0) is 44.4 Å². The Labute approximate surface area is 157 Å². The second kappa shape index (κ2) is 8.70. The number of piperazine rings is 1. The molecule has 2 saturated carbocycles.